The van der Waals surface area contributed by atoms with Crippen LogP contribution in [-0.4, -0.2) is 5.97 Å². The summed E-state index contributed by atoms with van der Waals surface area (Å²) in [7, 11) is 0. The summed E-state index contributed by atoms with van der Waals surface area (Å²) in [5, 5.41) is 0. The maximum absolute atomic E-state index is 10.2. The van der Waals surface area contributed by atoms with Crippen LogP contribution in [0.25, 0.3) is 0 Å². The predicted octanol–water partition coefficient (Wildman–Crippen LogP) is 0.567. The zero-order valence-electron chi connectivity index (χ0n) is 4.02. The quantitative estimate of drug-likeness (QED) is 0.546. The van der Waals surface area contributed by atoms with Gasteiger partial charge in [-0.3, -0.25) is 0 Å². The molecule has 2 nitrogen and oxygen atoms in total. The Morgan fingerprint density at radius 1 is 1.86 bits per heavy atom. The van der Waals surface area contributed by atoms with E-state index in [1.807, 2.05) is 0 Å². The van der Waals surface area contributed by atoms with Crippen molar-refractivity contribution in [3.63, 3.8) is 0 Å². The SMILES string of the molecule is C=C(C)C(=O)[O][Zr]. The van der Waals surface area contributed by atoms with Crippen LogP contribution in [0.1, 0.15) is 6.92 Å². The second-order valence-corrected chi connectivity index (χ2v) is 1.67. The zero-order chi connectivity index (χ0) is 5.86. The molecule has 0 aromatic rings. The molecule has 0 saturated carbocycles. The molecule has 37 valence electrons. The van der Waals surface area contributed by atoms with Crippen molar-refractivity contribution in [3.8, 4) is 0 Å². The number of carbonyl (C=O) groups is 1. The molecule has 0 rings (SSSR count). The summed E-state index contributed by atoms with van der Waals surface area (Å²) in [4.78, 5) is 10.2. The van der Waals surface area contributed by atoms with Crippen LogP contribution in [-0.2, 0) is 32.8 Å². The number of hydrogen-bond donors (Lipinski definition) is 0. The standard InChI is InChI=1S/C4H6O2.Zr/c1-3(2)4(5)6;/h1H2,2H3,(H,5,6);/q;+1/p-1. The Morgan fingerprint density at radius 2 is 2.29 bits per heavy atom. The number of carbonyl (C=O) groups excluding carboxylic acids is 1. The summed E-state index contributed by atoms with van der Waals surface area (Å²) in [6.45, 7) is 4.98. The Morgan fingerprint density at radius 3 is 2.29 bits per heavy atom. The van der Waals surface area contributed by atoms with Crippen LogP contribution >= 0.6 is 0 Å². The second kappa shape index (κ2) is 3.14. The predicted molar refractivity (Wildman–Crippen MR) is 20.9 cm³/mol. The molecule has 0 heterocycles. The average Bonchev–Trinajstić information content (AvgIpc) is 1.65. The van der Waals surface area contributed by atoms with Gasteiger partial charge in [0.25, 0.3) is 0 Å². The van der Waals surface area contributed by atoms with E-state index in [2.05, 4.69) is 9.39 Å². The Balaban J connectivity index is 3.58. The minimum atomic E-state index is -0.307. The number of hydrogen-bond acceptors (Lipinski definition) is 2. The molecule has 0 aliphatic carbocycles. The Labute approximate surface area is 58.0 Å². The molecule has 0 fully saturated rings. The molecule has 0 saturated heterocycles. The van der Waals surface area contributed by atoms with Gasteiger partial charge in [-0.2, -0.15) is 0 Å². The van der Waals surface area contributed by atoms with Crippen LogP contribution in [0, 0.1) is 0 Å². The topological polar surface area (TPSA) is 26.3 Å². The fourth-order valence-electron chi connectivity index (χ4n) is 0.0871. The van der Waals surface area contributed by atoms with Crippen molar-refractivity contribution in [2.24, 2.45) is 0 Å². The van der Waals surface area contributed by atoms with E-state index in [0.717, 1.165) is 25.2 Å². The second-order valence-electron chi connectivity index (χ2n) is 1.17. The van der Waals surface area contributed by atoms with Gasteiger partial charge in [0.1, 0.15) is 0 Å². The molecule has 0 atom stereocenters. The molecule has 0 aliphatic heterocycles. The summed E-state index contributed by atoms with van der Waals surface area (Å²) in [6.07, 6.45) is 0. The maximum atomic E-state index is 10.2. The monoisotopic (exact) mass is 175 g/mol. The van der Waals surface area contributed by atoms with Gasteiger partial charge in [0.2, 0.25) is 0 Å². The van der Waals surface area contributed by atoms with Crippen molar-refractivity contribution < 1.29 is 32.8 Å². The van der Waals surface area contributed by atoms with Gasteiger partial charge in [0.15, 0.2) is 0 Å². The van der Waals surface area contributed by atoms with Gasteiger partial charge in [-0.15, -0.1) is 0 Å². The van der Waals surface area contributed by atoms with E-state index < -0.39 is 0 Å². The van der Waals surface area contributed by atoms with Gasteiger partial charge in [-0.25, -0.2) is 0 Å². The Kier molecular flexibility index (Phi) is 3.18. The van der Waals surface area contributed by atoms with Gasteiger partial charge in [-0.05, 0) is 0 Å². The molecule has 0 unspecified atom stereocenters. The van der Waals surface area contributed by atoms with Crippen molar-refractivity contribution in [1.29, 1.82) is 0 Å². The van der Waals surface area contributed by atoms with E-state index in [1.54, 1.807) is 6.92 Å². The molecule has 0 amide bonds. The summed E-state index contributed by atoms with van der Waals surface area (Å²) in [5.41, 5.74) is 0.455. The fraction of sp³-hybridized carbons (Fsp3) is 0.250. The van der Waals surface area contributed by atoms with E-state index in [-0.39, 0.29) is 5.97 Å². The molecule has 0 aromatic heterocycles. The molecule has 0 radical (unpaired) electrons. The van der Waals surface area contributed by atoms with Crippen molar-refractivity contribution in [1.82, 2.24) is 0 Å². The van der Waals surface area contributed by atoms with Crippen molar-refractivity contribution >= 4 is 5.97 Å². The summed E-state index contributed by atoms with van der Waals surface area (Å²) in [5.74, 6) is -0.307. The number of rotatable bonds is 1. The van der Waals surface area contributed by atoms with Crippen molar-refractivity contribution in [3.05, 3.63) is 12.2 Å². The first-order valence-corrected chi connectivity index (χ1v) is 2.72. The van der Waals surface area contributed by atoms with Crippen molar-refractivity contribution in [2.75, 3.05) is 0 Å². The molecule has 3 heteroatoms. The average molecular weight is 176 g/mol. The molecule has 0 aromatic carbocycles. The molecule has 0 bridgehead atoms. The molecule has 0 aliphatic rings. The van der Waals surface area contributed by atoms with E-state index in [9.17, 15) is 4.79 Å². The Bertz CT molecular complexity index is 97.9. The van der Waals surface area contributed by atoms with E-state index >= 15 is 0 Å². The first kappa shape index (κ1) is 7.09. The summed E-state index contributed by atoms with van der Waals surface area (Å²) in [6, 6.07) is 0. The van der Waals surface area contributed by atoms with Crippen LogP contribution in [0.2, 0.25) is 0 Å². The fourth-order valence-corrected chi connectivity index (χ4v) is 0.515. The van der Waals surface area contributed by atoms with Gasteiger partial charge in [0, 0.05) is 0 Å². The van der Waals surface area contributed by atoms with Crippen LogP contribution in [0.5, 0.6) is 0 Å². The van der Waals surface area contributed by atoms with E-state index in [4.69, 9.17) is 0 Å². The summed E-state index contributed by atoms with van der Waals surface area (Å²) >= 11 is 0.767. The normalized spacial score (nSPS) is 7.43. The van der Waals surface area contributed by atoms with Gasteiger partial charge in [-0.1, -0.05) is 0 Å². The van der Waals surface area contributed by atoms with Crippen LogP contribution in [0.3, 0.4) is 0 Å². The Hall–Kier alpha value is 0.0931. The van der Waals surface area contributed by atoms with Gasteiger partial charge >= 0.3 is 57.8 Å². The zero-order valence-corrected chi connectivity index (χ0v) is 6.48. The third-order valence-corrected chi connectivity index (χ3v) is 0.897. The van der Waals surface area contributed by atoms with Crippen molar-refractivity contribution in [2.45, 2.75) is 6.92 Å². The van der Waals surface area contributed by atoms with Gasteiger partial charge < -0.3 is 0 Å². The third-order valence-electron chi connectivity index (χ3n) is 0.441. The van der Waals surface area contributed by atoms with E-state index in [0.29, 0.717) is 5.57 Å². The molecule has 0 spiro atoms. The first-order chi connectivity index (χ1) is 3.18. The van der Waals surface area contributed by atoms with Crippen LogP contribution in [0.15, 0.2) is 12.2 Å². The molecule has 0 N–H and O–H groups in total. The molecular formula is C4H5O2Zr. The van der Waals surface area contributed by atoms with Crippen LogP contribution < -0.4 is 0 Å². The van der Waals surface area contributed by atoms with E-state index in [1.165, 1.54) is 0 Å². The minimum absolute atomic E-state index is 0.307. The first-order valence-electron chi connectivity index (χ1n) is 1.72. The van der Waals surface area contributed by atoms with Crippen LogP contribution in [0.4, 0.5) is 0 Å². The third kappa shape index (κ3) is 2.75. The molecular weight excluding hydrogens is 171 g/mol. The van der Waals surface area contributed by atoms with Gasteiger partial charge in [0.05, 0.1) is 0 Å². The summed E-state index contributed by atoms with van der Waals surface area (Å²) < 4.78 is 4.36. The molecule has 7 heavy (non-hydrogen) atoms.